The minimum Gasteiger partial charge on any atom is -0.377 e. The summed E-state index contributed by atoms with van der Waals surface area (Å²) in [6, 6.07) is 0.907. The van der Waals surface area contributed by atoms with E-state index in [2.05, 4.69) is 26.8 Å². The first kappa shape index (κ1) is 9.57. The molecular formula is C10H18NO+. The molecule has 0 amide bonds. The first-order valence-electron chi connectivity index (χ1n) is 4.52. The molecule has 2 N–H and O–H groups in total. The number of hydrogen-bond donors (Lipinski definition) is 2. The van der Waals surface area contributed by atoms with Gasteiger partial charge >= 0.3 is 0 Å². The van der Waals surface area contributed by atoms with Crippen LogP contribution in [0.15, 0.2) is 0 Å². The third kappa shape index (κ3) is 1.63. The average Bonchev–Trinajstić information content (AvgIpc) is 2.00. The number of aliphatic hydroxyl groups is 1. The van der Waals surface area contributed by atoms with Gasteiger partial charge in [0, 0.05) is 12.8 Å². The molecule has 2 nitrogen and oxygen atoms in total. The predicted molar refractivity (Wildman–Crippen MR) is 48.8 cm³/mol. The molecule has 2 heteroatoms. The Morgan fingerprint density at radius 3 is 2.17 bits per heavy atom. The van der Waals surface area contributed by atoms with Gasteiger partial charge in [0.05, 0.1) is 19.1 Å². The maximum absolute atomic E-state index is 9.89. The second-order valence-corrected chi connectivity index (χ2v) is 4.13. The number of likely N-dealkylation sites (tertiary alicyclic amines) is 1. The highest BCUT2D eigenvalue weighted by molar-refractivity contribution is 5.09. The van der Waals surface area contributed by atoms with Gasteiger partial charge in [0.25, 0.3) is 0 Å². The number of nitrogens with one attached hydrogen (secondary N) is 1. The summed E-state index contributed by atoms with van der Waals surface area (Å²) in [6.07, 6.45) is 6.74. The van der Waals surface area contributed by atoms with Crippen LogP contribution in [0, 0.1) is 12.3 Å². The van der Waals surface area contributed by atoms with Gasteiger partial charge in [0.15, 0.2) is 0 Å². The Labute approximate surface area is 74.6 Å². The molecule has 1 aliphatic rings. The van der Waals surface area contributed by atoms with Crippen molar-refractivity contribution in [1.29, 1.82) is 0 Å². The third-order valence-corrected chi connectivity index (χ3v) is 3.11. The summed E-state index contributed by atoms with van der Waals surface area (Å²) < 4.78 is 0. The van der Waals surface area contributed by atoms with Crippen LogP contribution in [0.5, 0.6) is 0 Å². The molecule has 1 heterocycles. The molecule has 0 spiro atoms. The van der Waals surface area contributed by atoms with Crippen LogP contribution < -0.4 is 4.90 Å². The summed E-state index contributed by atoms with van der Waals surface area (Å²) >= 11 is 0. The van der Waals surface area contributed by atoms with Crippen molar-refractivity contribution in [3.8, 4) is 12.3 Å². The molecule has 0 saturated carbocycles. The van der Waals surface area contributed by atoms with E-state index in [-0.39, 0.29) is 0 Å². The van der Waals surface area contributed by atoms with Gasteiger partial charge in [0.2, 0.25) is 0 Å². The Morgan fingerprint density at radius 1 is 1.42 bits per heavy atom. The summed E-state index contributed by atoms with van der Waals surface area (Å²) in [5.74, 6) is 2.50. The van der Waals surface area contributed by atoms with E-state index in [1.807, 2.05) is 0 Å². The first-order valence-corrected chi connectivity index (χ1v) is 4.52. The molecular weight excluding hydrogens is 150 g/mol. The van der Waals surface area contributed by atoms with E-state index in [1.165, 1.54) is 4.90 Å². The lowest BCUT2D eigenvalue weighted by Gasteiger charge is -2.39. The molecule has 12 heavy (non-hydrogen) atoms. The number of piperidine rings is 1. The smallest absolute Gasteiger partial charge is 0.136 e. The Bertz CT molecular complexity index is 194. The molecule has 1 fully saturated rings. The summed E-state index contributed by atoms with van der Waals surface area (Å²) in [7, 11) is 2.16. The highest BCUT2D eigenvalue weighted by Gasteiger charge is 2.40. The van der Waals surface area contributed by atoms with Crippen LogP contribution in [0.4, 0.5) is 0 Å². The van der Waals surface area contributed by atoms with Gasteiger partial charge < -0.3 is 10.0 Å². The quantitative estimate of drug-likeness (QED) is 0.465. The highest BCUT2D eigenvalue weighted by atomic mass is 16.3. The standard InChI is InChI=1S/C10H17NO/c1-5-10(12)6-8(2)11(4)9(3)7-10/h1,8-9,12H,6-7H2,2-4H3/p+1/t8-,9-/m0/s1. The Hall–Kier alpha value is -0.520. The van der Waals surface area contributed by atoms with Crippen molar-refractivity contribution < 1.29 is 10.0 Å². The topological polar surface area (TPSA) is 24.7 Å². The zero-order chi connectivity index (χ0) is 9.35. The summed E-state index contributed by atoms with van der Waals surface area (Å²) in [5, 5.41) is 9.89. The molecule has 68 valence electrons. The van der Waals surface area contributed by atoms with Crippen molar-refractivity contribution >= 4 is 0 Å². The summed E-state index contributed by atoms with van der Waals surface area (Å²) in [6.45, 7) is 4.26. The molecule has 2 atom stereocenters. The molecule has 0 radical (unpaired) electrons. The van der Waals surface area contributed by atoms with Gasteiger partial charge in [0.1, 0.15) is 5.60 Å². The predicted octanol–water partition coefficient (Wildman–Crippen LogP) is -0.564. The zero-order valence-electron chi connectivity index (χ0n) is 8.09. The normalized spacial score (nSPS) is 48.4. The van der Waals surface area contributed by atoms with Crippen LogP contribution in [-0.2, 0) is 0 Å². The minimum atomic E-state index is -0.849. The molecule has 0 unspecified atom stereocenters. The fourth-order valence-corrected chi connectivity index (χ4v) is 2.02. The number of hydrogen-bond acceptors (Lipinski definition) is 1. The van der Waals surface area contributed by atoms with Crippen LogP contribution in [0.2, 0.25) is 0 Å². The van der Waals surface area contributed by atoms with E-state index < -0.39 is 5.60 Å². The Kier molecular flexibility index (Phi) is 2.46. The van der Waals surface area contributed by atoms with Crippen molar-refractivity contribution in [3.63, 3.8) is 0 Å². The van der Waals surface area contributed by atoms with Gasteiger partial charge in [-0.25, -0.2) is 0 Å². The number of terminal acetylenes is 1. The fraction of sp³-hybridized carbons (Fsp3) is 0.800. The molecule has 1 saturated heterocycles. The van der Waals surface area contributed by atoms with Gasteiger partial charge in [-0.05, 0) is 13.8 Å². The molecule has 0 aromatic rings. The fourth-order valence-electron chi connectivity index (χ4n) is 2.02. The van der Waals surface area contributed by atoms with E-state index in [0.717, 1.165) is 12.8 Å². The SMILES string of the molecule is C#CC1(O)C[C@H](C)[NH+](C)[C@@H](C)C1. The van der Waals surface area contributed by atoms with Gasteiger partial charge in [-0.2, -0.15) is 0 Å². The van der Waals surface area contributed by atoms with Gasteiger partial charge in [-0.1, -0.05) is 5.92 Å². The maximum atomic E-state index is 9.89. The lowest BCUT2D eigenvalue weighted by Crippen LogP contribution is -3.17. The largest absolute Gasteiger partial charge is 0.377 e. The number of quaternary nitrogens is 1. The second kappa shape index (κ2) is 3.08. The third-order valence-electron chi connectivity index (χ3n) is 3.11. The van der Waals surface area contributed by atoms with E-state index in [4.69, 9.17) is 6.42 Å². The molecule has 1 aliphatic heterocycles. The maximum Gasteiger partial charge on any atom is 0.136 e. The Morgan fingerprint density at radius 2 is 1.83 bits per heavy atom. The molecule has 0 bridgehead atoms. The van der Waals surface area contributed by atoms with Crippen molar-refractivity contribution in [3.05, 3.63) is 0 Å². The van der Waals surface area contributed by atoms with Crippen LogP contribution in [-0.4, -0.2) is 29.8 Å². The van der Waals surface area contributed by atoms with Crippen LogP contribution in [0.3, 0.4) is 0 Å². The molecule has 0 aliphatic carbocycles. The van der Waals surface area contributed by atoms with Crippen LogP contribution in [0.1, 0.15) is 26.7 Å². The molecule has 0 aromatic heterocycles. The lowest BCUT2D eigenvalue weighted by atomic mass is 9.84. The molecule has 1 rings (SSSR count). The van der Waals surface area contributed by atoms with E-state index in [0.29, 0.717) is 12.1 Å². The van der Waals surface area contributed by atoms with E-state index >= 15 is 0 Å². The van der Waals surface area contributed by atoms with Crippen LogP contribution >= 0.6 is 0 Å². The van der Waals surface area contributed by atoms with Crippen LogP contribution in [0.25, 0.3) is 0 Å². The van der Waals surface area contributed by atoms with Crippen molar-refractivity contribution in [2.45, 2.75) is 44.4 Å². The van der Waals surface area contributed by atoms with Crippen molar-refractivity contribution in [2.75, 3.05) is 7.05 Å². The Balaban J connectivity index is 2.73. The molecule has 0 aromatic carbocycles. The van der Waals surface area contributed by atoms with Gasteiger partial charge in [-0.15, -0.1) is 6.42 Å². The minimum absolute atomic E-state index is 0.454. The second-order valence-electron chi connectivity index (χ2n) is 4.13. The monoisotopic (exact) mass is 168 g/mol. The van der Waals surface area contributed by atoms with Crippen molar-refractivity contribution in [1.82, 2.24) is 0 Å². The lowest BCUT2D eigenvalue weighted by molar-refractivity contribution is -0.934. The number of rotatable bonds is 0. The average molecular weight is 168 g/mol. The summed E-state index contributed by atoms with van der Waals surface area (Å²) in [5.41, 5.74) is -0.849. The van der Waals surface area contributed by atoms with Gasteiger partial charge in [-0.3, -0.25) is 0 Å². The highest BCUT2D eigenvalue weighted by Crippen LogP contribution is 2.20. The first-order chi connectivity index (χ1) is 5.48. The summed E-state index contributed by atoms with van der Waals surface area (Å²) in [4.78, 5) is 1.47. The van der Waals surface area contributed by atoms with Crippen molar-refractivity contribution in [2.24, 2.45) is 0 Å². The van der Waals surface area contributed by atoms with E-state index in [9.17, 15) is 5.11 Å². The van der Waals surface area contributed by atoms with E-state index in [1.54, 1.807) is 0 Å². The zero-order valence-corrected chi connectivity index (χ0v) is 8.09.